The van der Waals surface area contributed by atoms with Crippen LogP contribution in [0.25, 0.3) is 0 Å². The highest BCUT2D eigenvalue weighted by atomic mass is 32.1. The van der Waals surface area contributed by atoms with Gasteiger partial charge in [0.1, 0.15) is 17.6 Å². The zero-order valence-electron chi connectivity index (χ0n) is 11.5. The minimum atomic E-state index is 0.192. The summed E-state index contributed by atoms with van der Waals surface area (Å²) >= 11 is 1.85. The molecule has 2 aromatic heterocycles. The van der Waals surface area contributed by atoms with Crippen molar-refractivity contribution in [1.82, 2.24) is 5.32 Å². The molecule has 2 nitrogen and oxygen atoms in total. The molecule has 0 spiro atoms. The number of nitrogens with one attached hydrogen (secondary N) is 1. The molecular formula is C15H21NOS. The molecule has 2 rings (SSSR count). The molecule has 0 saturated carbocycles. The average molecular weight is 263 g/mol. The van der Waals surface area contributed by atoms with E-state index in [1.807, 2.05) is 24.3 Å². The summed E-state index contributed by atoms with van der Waals surface area (Å²) < 4.78 is 5.81. The molecule has 3 heteroatoms. The van der Waals surface area contributed by atoms with E-state index in [0.717, 1.165) is 24.5 Å². The largest absolute Gasteiger partial charge is 0.464 e. The van der Waals surface area contributed by atoms with Crippen LogP contribution in [0.2, 0.25) is 0 Å². The Morgan fingerprint density at radius 3 is 2.56 bits per heavy atom. The number of furan rings is 1. The minimum absolute atomic E-state index is 0.192. The third kappa shape index (κ3) is 2.85. The maximum Gasteiger partial charge on any atom is 0.126 e. The van der Waals surface area contributed by atoms with Crippen LogP contribution in [0.15, 0.2) is 22.6 Å². The lowest BCUT2D eigenvalue weighted by Crippen LogP contribution is -2.22. The number of thiophene rings is 1. The second kappa shape index (κ2) is 5.72. The van der Waals surface area contributed by atoms with E-state index in [1.165, 1.54) is 15.3 Å². The van der Waals surface area contributed by atoms with Crippen molar-refractivity contribution in [3.63, 3.8) is 0 Å². The normalized spacial score (nSPS) is 12.9. The van der Waals surface area contributed by atoms with Crippen LogP contribution < -0.4 is 5.32 Å². The third-order valence-corrected chi connectivity index (χ3v) is 4.20. The molecule has 1 unspecified atom stereocenters. The number of aryl methyl sites for hydroxylation is 3. The lowest BCUT2D eigenvalue weighted by molar-refractivity contribution is 0.432. The predicted octanol–water partition coefficient (Wildman–Crippen LogP) is 4.36. The van der Waals surface area contributed by atoms with E-state index in [-0.39, 0.29) is 6.04 Å². The standard InChI is InChI=1S/C15H21NOS/c1-5-8-16-14(13-7-6-11(3)17-13)15-10(2)9-12(4)18-15/h6-7,9,14,16H,5,8H2,1-4H3. The molecule has 2 heterocycles. The minimum Gasteiger partial charge on any atom is -0.464 e. The summed E-state index contributed by atoms with van der Waals surface area (Å²) in [6.07, 6.45) is 1.12. The van der Waals surface area contributed by atoms with Gasteiger partial charge < -0.3 is 9.73 Å². The smallest absolute Gasteiger partial charge is 0.126 e. The van der Waals surface area contributed by atoms with Crippen LogP contribution in [0, 0.1) is 20.8 Å². The van der Waals surface area contributed by atoms with E-state index >= 15 is 0 Å². The molecule has 0 saturated heterocycles. The Bertz CT molecular complexity index is 512. The first kappa shape index (κ1) is 13.4. The maximum absolute atomic E-state index is 5.81. The van der Waals surface area contributed by atoms with Gasteiger partial charge in [0, 0.05) is 9.75 Å². The molecule has 18 heavy (non-hydrogen) atoms. The van der Waals surface area contributed by atoms with Gasteiger partial charge in [-0.15, -0.1) is 11.3 Å². The van der Waals surface area contributed by atoms with E-state index in [4.69, 9.17) is 4.42 Å². The fourth-order valence-corrected chi connectivity index (χ4v) is 3.29. The van der Waals surface area contributed by atoms with Gasteiger partial charge in [0.25, 0.3) is 0 Å². The van der Waals surface area contributed by atoms with E-state index in [1.54, 1.807) is 0 Å². The van der Waals surface area contributed by atoms with Crippen molar-refractivity contribution in [2.45, 2.75) is 40.2 Å². The fraction of sp³-hybridized carbons (Fsp3) is 0.467. The molecule has 0 aromatic carbocycles. The first-order valence-electron chi connectivity index (χ1n) is 6.48. The average Bonchev–Trinajstić information content (AvgIpc) is 2.87. The first-order chi connectivity index (χ1) is 8.61. The monoisotopic (exact) mass is 263 g/mol. The highest BCUT2D eigenvalue weighted by Gasteiger charge is 2.20. The van der Waals surface area contributed by atoms with Crippen LogP contribution in [0.1, 0.15) is 46.2 Å². The van der Waals surface area contributed by atoms with Crippen molar-refractivity contribution in [1.29, 1.82) is 0 Å². The number of hydrogen-bond acceptors (Lipinski definition) is 3. The Balaban J connectivity index is 2.33. The van der Waals surface area contributed by atoms with Crippen molar-refractivity contribution in [3.05, 3.63) is 45.0 Å². The highest BCUT2D eigenvalue weighted by Crippen LogP contribution is 2.32. The van der Waals surface area contributed by atoms with E-state index in [9.17, 15) is 0 Å². The van der Waals surface area contributed by atoms with Crippen LogP contribution in [-0.2, 0) is 0 Å². The molecule has 0 aliphatic rings. The lowest BCUT2D eigenvalue weighted by Gasteiger charge is -2.16. The van der Waals surface area contributed by atoms with Gasteiger partial charge in [-0.05, 0) is 57.5 Å². The maximum atomic E-state index is 5.81. The second-order valence-corrected chi connectivity index (χ2v) is 6.03. The van der Waals surface area contributed by atoms with Crippen molar-refractivity contribution < 1.29 is 4.42 Å². The number of rotatable bonds is 5. The molecule has 0 radical (unpaired) electrons. The third-order valence-electron chi connectivity index (χ3n) is 2.99. The van der Waals surface area contributed by atoms with Gasteiger partial charge in [0.2, 0.25) is 0 Å². The van der Waals surface area contributed by atoms with Gasteiger partial charge in [-0.3, -0.25) is 0 Å². The summed E-state index contributed by atoms with van der Waals surface area (Å²) in [5.41, 5.74) is 1.35. The molecule has 0 bridgehead atoms. The van der Waals surface area contributed by atoms with Crippen molar-refractivity contribution in [2.24, 2.45) is 0 Å². The zero-order chi connectivity index (χ0) is 13.1. The zero-order valence-corrected chi connectivity index (χ0v) is 12.4. The first-order valence-corrected chi connectivity index (χ1v) is 7.30. The van der Waals surface area contributed by atoms with Gasteiger partial charge in [0.15, 0.2) is 0 Å². The SMILES string of the molecule is CCCNC(c1ccc(C)o1)c1sc(C)cc1C. The topological polar surface area (TPSA) is 25.2 Å². The lowest BCUT2D eigenvalue weighted by atomic mass is 10.1. The summed E-state index contributed by atoms with van der Waals surface area (Å²) in [6.45, 7) is 9.51. The van der Waals surface area contributed by atoms with Crippen molar-refractivity contribution in [2.75, 3.05) is 6.54 Å². The van der Waals surface area contributed by atoms with Crippen LogP contribution >= 0.6 is 11.3 Å². The van der Waals surface area contributed by atoms with Crippen molar-refractivity contribution >= 4 is 11.3 Å². The Morgan fingerprint density at radius 2 is 2.06 bits per heavy atom. The van der Waals surface area contributed by atoms with E-state index < -0.39 is 0 Å². The van der Waals surface area contributed by atoms with E-state index in [2.05, 4.69) is 38.2 Å². The van der Waals surface area contributed by atoms with Gasteiger partial charge >= 0.3 is 0 Å². The Labute approximate surface area is 113 Å². The van der Waals surface area contributed by atoms with Gasteiger partial charge in [-0.2, -0.15) is 0 Å². The summed E-state index contributed by atoms with van der Waals surface area (Å²) in [5.74, 6) is 1.99. The second-order valence-electron chi connectivity index (χ2n) is 4.74. The molecule has 0 aliphatic carbocycles. The Morgan fingerprint density at radius 1 is 1.28 bits per heavy atom. The quantitative estimate of drug-likeness (QED) is 0.867. The van der Waals surface area contributed by atoms with Crippen molar-refractivity contribution in [3.8, 4) is 0 Å². The highest BCUT2D eigenvalue weighted by molar-refractivity contribution is 7.12. The molecule has 0 aliphatic heterocycles. The van der Waals surface area contributed by atoms with Gasteiger partial charge in [-0.1, -0.05) is 6.92 Å². The van der Waals surface area contributed by atoms with Crippen LogP contribution in [0.4, 0.5) is 0 Å². The van der Waals surface area contributed by atoms with Crippen LogP contribution in [-0.4, -0.2) is 6.54 Å². The summed E-state index contributed by atoms with van der Waals surface area (Å²) in [4.78, 5) is 2.73. The number of hydrogen-bond donors (Lipinski definition) is 1. The molecule has 1 atom stereocenters. The molecule has 0 fully saturated rings. The van der Waals surface area contributed by atoms with Crippen LogP contribution in [0.5, 0.6) is 0 Å². The molecule has 2 aromatic rings. The fourth-order valence-electron chi connectivity index (χ4n) is 2.17. The molecule has 0 amide bonds. The summed E-state index contributed by atoms with van der Waals surface area (Å²) in [5, 5.41) is 3.59. The Hall–Kier alpha value is -1.06. The predicted molar refractivity (Wildman–Crippen MR) is 77.4 cm³/mol. The van der Waals surface area contributed by atoms with Crippen LogP contribution in [0.3, 0.4) is 0 Å². The van der Waals surface area contributed by atoms with Gasteiger partial charge in [0.05, 0.1) is 0 Å². The molecular weight excluding hydrogens is 242 g/mol. The van der Waals surface area contributed by atoms with Gasteiger partial charge in [-0.25, -0.2) is 0 Å². The van der Waals surface area contributed by atoms with E-state index in [0.29, 0.717) is 0 Å². The Kier molecular flexibility index (Phi) is 4.25. The summed E-state index contributed by atoms with van der Waals surface area (Å²) in [6, 6.07) is 6.55. The molecule has 98 valence electrons. The molecule has 1 N–H and O–H groups in total. The summed E-state index contributed by atoms with van der Waals surface area (Å²) in [7, 11) is 0.